The van der Waals surface area contributed by atoms with E-state index in [2.05, 4.69) is 21.7 Å². The molecule has 37 heavy (non-hydrogen) atoms. The maximum Gasteiger partial charge on any atom is 0.490 e. The van der Waals surface area contributed by atoms with Crippen LogP contribution in [-0.2, 0) is 20.9 Å². The Kier molecular flexibility index (Phi) is 10.7. The Morgan fingerprint density at radius 3 is 2.03 bits per heavy atom. The van der Waals surface area contributed by atoms with Gasteiger partial charge in [0.25, 0.3) is 0 Å². The lowest BCUT2D eigenvalue weighted by molar-refractivity contribution is -0.193. The molecule has 2 N–H and O–H groups in total. The summed E-state index contributed by atoms with van der Waals surface area (Å²) in [7, 11) is 1.85. The van der Waals surface area contributed by atoms with Gasteiger partial charge in [-0.25, -0.2) is 14.6 Å². The summed E-state index contributed by atoms with van der Waals surface area (Å²) in [5.41, 5.74) is 3.63. The third-order valence-electron chi connectivity index (χ3n) is 6.46. The number of ether oxygens (including phenoxy) is 1. The van der Waals surface area contributed by atoms with Crippen LogP contribution in [0.4, 0.5) is 26.3 Å². The normalized spacial score (nSPS) is 21.8. The molecule has 0 amide bonds. The maximum absolute atomic E-state index is 10.6. The Morgan fingerprint density at radius 1 is 1.08 bits per heavy atom. The number of carboxylic acid groups (broad SMARTS) is 2. The molecule has 0 aromatic carbocycles. The molecular formula is C22H31F6N3O5S. The van der Waals surface area contributed by atoms with E-state index in [9.17, 15) is 26.3 Å². The summed E-state index contributed by atoms with van der Waals surface area (Å²) in [6.45, 7) is 9.24. The fourth-order valence-electron chi connectivity index (χ4n) is 4.53. The average Bonchev–Trinajstić information content (AvgIpc) is 3.48. The molecular weight excluding hydrogens is 532 g/mol. The SMILES string of the molecule is COCC1CCN(CC2CC2)C2(C1)CN(Cc1scnc1C)C2.O=C(O)C(F)(F)F.O=C(O)C(F)(F)F. The van der Waals surface area contributed by atoms with Crippen LogP contribution in [0.3, 0.4) is 0 Å². The first-order valence-electron chi connectivity index (χ1n) is 11.5. The number of aromatic nitrogens is 1. The van der Waals surface area contributed by atoms with Gasteiger partial charge >= 0.3 is 24.3 Å². The molecule has 4 rings (SSSR count). The van der Waals surface area contributed by atoms with Crippen LogP contribution in [0.2, 0.25) is 0 Å². The van der Waals surface area contributed by atoms with E-state index >= 15 is 0 Å². The molecule has 1 aromatic heterocycles. The number of alkyl halides is 6. The second-order valence-electron chi connectivity index (χ2n) is 9.54. The monoisotopic (exact) mass is 563 g/mol. The topological polar surface area (TPSA) is 103 Å². The van der Waals surface area contributed by atoms with E-state index in [0.717, 1.165) is 25.0 Å². The highest BCUT2D eigenvalue weighted by Gasteiger charge is 2.51. The van der Waals surface area contributed by atoms with Crippen molar-refractivity contribution in [2.45, 2.75) is 57.0 Å². The van der Waals surface area contributed by atoms with Gasteiger partial charge in [0.2, 0.25) is 0 Å². The van der Waals surface area contributed by atoms with Gasteiger partial charge in [-0.15, -0.1) is 11.3 Å². The second kappa shape index (κ2) is 12.7. The summed E-state index contributed by atoms with van der Waals surface area (Å²) in [5.74, 6) is -3.77. The maximum atomic E-state index is 10.6. The van der Waals surface area contributed by atoms with Crippen LogP contribution in [0.15, 0.2) is 5.51 Å². The van der Waals surface area contributed by atoms with E-state index in [-0.39, 0.29) is 0 Å². The molecule has 3 heterocycles. The largest absolute Gasteiger partial charge is 0.490 e. The number of carbonyl (C=O) groups is 2. The van der Waals surface area contributed by atoms with E-state index in [4.69, 9.17) is 24.5 Å². The summed E-state index contributed by atoms with van der Waals surface area (Å²) >= 11 is 1.81. The molecule has 1 aromatic rings. The predicted octanol–water partition coefficient (Wildman–Crippen LogP) is 4.04. The van der Waals surface area contributed by atoms with Gasteiger partial charge in [-0.2, -0.15) is 26.3 Å². The van der Waals surface area contributed by atoms with Gasteiger partial charge in [-0.05, 0) is 51.0 Å². The van der Waals surface area contributed by atoms with Crippen molar-refractivity contribution >= 4 is 23.3 Å². The Labute approximate surface area is 214 Å². The number of halogens is 6. The number of aryl methyl sites for hydroxylation is 1. The number of hydrogen-bond acceptors (Lipinski definition) is 7. The standard InChI is InChI=1S/C18H29N3OS.2C2HF3O2/c1-14-17(23-13-19-14)9-20-11-18(12-20)7-16(10-22-2)5-6-21(18)8-15-3-4-15;2*3-2(4,5)1(6)7/h13,15-16H,3-12H2,1-2H3;2*(H,6,7). The van der Waals surface area contributed by atoms with Gasteiger partial charge in [-0.3, -0.25) is 9.80 Å². The van der Waals surface area contributed by atoms with Crippen molar-refractivity contribution < 1.29 is 50.9 Å². The van der Waals surface area contributed by atoms with Crippen molar-refractivity contribution in [1.29, 1.82) is 0 Å². The molecule has 1 unspecified atom stereocenters. The zero-order valence-electron chi connectivity index (χ0n) is 20.4. The van der Waals surface area contributed by atoms with Crippen molar-refractivity contribution in [3.63, 3.8) is 0 Å². The van der Waals surface area contributed by atoms with Crippen molar-refractivity contribution in [3.05, 3.63) is 16.1 Å². The Balaban J connectivity index is 0.000000286. The number of thiazole rings is 1. The van der Waals surface area contributed by atoms with Gasteiger partial charge in [-0.1, -0.05) is 0 Å². The zero-order chi connectivity index (χ0) is 28.0. The molecule has 1 spiro atoms. The van der Waals surface area contributed by atoms with Crippen molar-refractivity contribution in [2.24, 2.45) is 11.8 Å². The lowest BCUT2D eigenvalue weighted by Crippen LogP contribution is -2.72. The first kappa shape index (κ1) is 31.2. The molecule has 1 aliphatic carbocycles. The Morgan fingerprint density at radius 2 is 1.62 bits per heavy atom. The van der Waals surface area contributed by atoms with Gasteiger partial charge in [0.1, 0.15) is 0 Å². The van der Waals surface area contributed by atoms with Gasteiger partial charge < -0.3 is 14.9 Å². The molecule has 3 fully saturated rings. The molecule has 1 saturated carbocycles. The summed E-state index contributed by atoms with van der Waals surface area (Å²) in [6, 6.07) is 0. The van der Waals surface area contributed by atoms with Gasteiger partial charge in [0.15, 0.2) is 0 Å². The molecule has 3 aliphatic rings. The van der Waals surface area contributed by atoms with Crippen LogP contribution < -0.4 is 0 Å². The number of aliphatic carboxylic acids is 2. The lowest BCUT2D eigenvalue weighted by Gasteiger charge is -2.60. The number of carboxylic acids is 2. The summed E-state index contributed by atoms with van der Waals surface area (Å²) in [5, 5.41) is 14.2. The quantitative estimate of drug-likeness (QED) is 0.500. The fraction of sp³-hybridized carbons (Fsp3) is 0.773. The molecule has 0 bridgehead atoms. The molecule has 1 atom stereocenters. The molecule has 0 radical (unpaired) electrons. The van der Waals surface area contributed by atoms with Gasteiger partial charge in [0.05, 0.1) is 11.2 Å². The number of rotatable bonds is 6. The van der Waals surface area contributed by atoms with E-state index in [1.165, 1.54) is 62.4 Å². The highest BCUT2D eigenvalue weighted by Crippen LogP contribution is 2.42. The second-order valence-corrected chi connectivity index (χ2v) is 10.5. The van der Waals surface area contributed by atoms with Crippen LogP contribution in [0.5, 0.6) is 0 Å². The molecule has 2 aliphatic heterocycles. The number of likely N-dealkylation sites (tertiary alicyclic amines) is 2. The minimum Gasteiger partial charge on any atom is -0.475 e. The zero-order valence-corrected chi connectivity index (χ0v) is 21.3. The Bertz CT molecular complexity index is 876. The molecule has 2 saturated heterocycles. The summed E-state index contributed by atoms with van der Waals surface area (Å²) in [6.07, 6.45) is -4.61. The summed E-state index contributed by atoms with van der Waals surface area (Å²) < 4.78 is 68.9. The highest BCUT2D eigenvalue weighted by atomic mass is 32.1. The van der Waals surface area contributed by atoms with E-state index < -0.39 is 24.3 Å². The minimum atomic E-state index is -5.08. The van der Waals surface area contributed by atoms with Crippen LogP contribution in [-0.4, -0.2) is 94.7 Å². The lowest BCUT2D eigenvalue weighted by atomic mass is 9.75. The van der Waals surface area contributed by atoms with Crippen LogP contribution in [0, 0.1) is 18.8 Å². The van der Waals surface area contributed by atoms with E-state index in [1.807, 2.05) is 12.6 Å². The average molecular weight is 564 g/mol. The van der Waals surface area contributed by atoms with Crippen LogP contribution in [0.1, 0.15) is 36.3 Å². The first-order valence-corrected chi connectivity index (χ1v) is 12.4. The van der Waals surface area contributed by atoms with Crippen molar-refractivity contribution in [3.8, 4) is 0 Å². The molecule has 8 nitrogen and oxygen atoms in total. The highest BCUT2D eigenvalue weighted by molar-refractivity contribution is 7.09. The van der Waals surface area contributed by atoms with Crippen molar-refractivity contribution in [2.75, 3.05) is 39.9 Å². The van der Waals surface area contributed by atoms with Crippen molar-refractivity contribution in [1.82, 2.24) is 14.8 Å². The van der Waals surface area contributed by atoms with Crippen LogP contribution in [0.25, 0.3) is 0 Å². The smallest absolute Gasteiger partial charge is 0.475 e. The predicted molar refractivity (Wildman–Crippen MR) is 121 cm³/mol. The number of methoxy groups -OCH3 is 1. The molecule has 212 valence electrons. The number of piperidine rings is 1. The number of hydrogen-bond donors (Lipinski definition) is 2. The fourth-order valence-corrected chi connectivity index (χ4v) is 5.35. The van der Waals surface area contributed by atoms with Crippen LogP contribution >= 0.6 is 11.3 Å². The molecule has 15 heteroatoms. The first-order chi connectivity index (χ1) is 17.1. The Hall–Kier alpha value is -1.97. The third kappa shape index (κ3) is 9.69. The third-order valence-corrected chi connectivity index (χ3v) is 7.38. The minimum absolute atomic E-state index is 0.433. The van der Waals surface area contributed by atoms with E-state index in [0.29, 0.717) is 5.54 Å². The van der Waals surface area contributed by atoms with E-state index in [1.54, 1.807) is 11.3 Å². The summed E-state index contributed by atoms with van der Waals surface area (Å²) in [4.78, 5) is 29.1. The number of nitrogens with zero attached hydrogens (tertiary/aromatic N) is 3. The van der Waals surface area contributed by atoms with Gasteiger partial charge in [0, 0.05) is 50.3 Å².